The van der Waals surface area contributed by atoms with Gasteiger partial charge in [-0.25, -0.2) is 0 Å². The zero-order valence-corrected chi connectivity index (χ0v) is 12.4. The molecule has 1 fully saturated rings. The lowest BCUT2D eigenvalue weighted by Crippen LogP contribution is -2.34. The van der Waals surface area contributed by atoms with Gasteiger partial charge in [0.25, 0.3) is 0 Å². The highest BCUT2D eigenvalue weighted by molar-refractivity contribution is 6.78. The van der Waals surface area contributed by atoms with Crippen LogP contribution in [0.3, 0.4) is 0 Å². The third kappa shape index (κ3) is 3.70. The Morgan fingerprint density at radius 2 is 1.65 bits per heavy atom. The second kappa shape index (κ2) is 5.86. The Bertz CT molecular complexity index is 323. The van der Waals surface area contributed by atoms with Gasteiger partial charge >= 0.3 is 0 Å². The summed E-state index contributed by atoms with van der Waals surface area (Å²) in [4.78, 5) is 0. The van der Waals surface area contributed by atoms with Crippen molar-refractivity contribution in [3.63, 3.8) is 0 Å². The topological polar surface area (TPSA) is 0 Å². The van der Waals surface area contributed by atoms with Crippen molar-refractivity contribution in [3.05, 3.63) is 35.9 Å². The molecular weight excluding hydrogens is 220 g/mol. The van der Waals surface area contributed by atoms with Crippen molar-refractivity contribution in [2.75, 3.05) is 0 Å². The summed E-state index contributed by atoms with van der Waals surface area (Å²) in [6, 6.07) is 12.5. The standard InChI is InChI=1S/C16H26Si/c1-17(2,16-11-7-4-8-12-16)14-13-15-9-5-3-6-10-15/h3,5-6,9-10,16H,4,7-8,11-14H2,1-2H3. The van der Waals surface area contributed by atoms with Gasteiger partial charge in [0, 0.05) is 0 Å². The average Bonchev–Trinajstić information content (AvgIpc) is 2.39. The Morgan fingerprint density at radius 3 is 2.29 bits per heavy atom. The van der Waals surface area contributed by atoms with Gasteiger partial charge in [-0.2, -0.15) is 0 Å². The van der Waals surface area contributed by atoms with E-state index in [4.69, 9.17) is 0 Å². The molecule has 94 valence electrons. The van der Waals surface area contributed by atoms with Crippen LogP contribution in [-0.4, -0.2) is 8.07 Å². The summed E-state index contributed by atoms with van der Waals surface area (Å²) in [5.74, 6) is 0. The lowest BCUT2D eigenvalue weighted by atomic mass is 10.0. The molecule has 2 rings (SSSR count). The van der Waals surface area contributed by atoms with Crippen LogP contribution in [0.25, 0.3) is 0 Å². The van der Waals surface area contributed by atoms with E-state index in [2.05, 4.69) is 43.4 Å². The third-order valence-electron chi connectivity index (χ3n) is 4.61. The fourth-order valence-electron chi connectivity index (χ4n) is 3.20. The minimum atomic E-state index is -0.985. The smallest absolute Gasteiger partial charge is 0.0508 e. The number of hydrogen-bond acceptors (Lipinski definition) is 0. The minimum absolute atomic E-state index is 0.985. The summed E-state index contributed by atoms with van der Waals surface area (Å²) in [5.41, 5.74) is 2.63. The van der Waals surface area contributed by atoms with Crippen LogP contribution in [0.4, 0.5) is 0 Å². The Labute approximate surface area is 107 Å². The largest absolute Gasteiger partial charge is 0.0691 e. The molecule has 0 atom stereocenters. The molecular formula is C16H26Si. The summed E-state index contributed by atoms with van der Waals surface area (Å²) in [6.07, 6.45) is 8.82. The summed E-state index contributed by atoms with van der Waals surface area (Å²) >= 11 is 0. The first-order valence-corrected chi connectivity index (χ1v) is 10.5. The van der Waals surface area contributed by atoms with Crippen LogP contribution < -0.4 is 0 Å². The monoisotopic (exact) mass is 246 g/mol. The van der Waals surface area contributed by atoms with Crippen LogP contribution in [0.15, 0.2) is 30.3 Å². The number of hydrogen-bond donors (Lipinski definition) is 0. The molecule has 0 aromatic heterocycles. The third-order valence-corrected chi connectivity index (χ3v) is 8.94. The van der Waals surface area contributed by atoms with Crippen molar-refractivity contribution in [1.29, 1.82) is 0 Å². The predicted octanol–water partition coefficient (Wildman–Crippen LogP) is 5.27. The molecule has 0 saturated heterocycles. The van der Waals surface area contributed by atoms with Crippen LogP contribution in [0, 0.1) is 0 Å². The molecule has 0 N–H and O–H groups in total. The molecule has 1 aromatic rings. The molecule has 1 aromatic carbocycles. The Balaban J connectivity index is 1.88. The SMILES string of the molecule is C[Si](C)(CCc1ccccc1)C1CCCCC1. The first-order valence-electron chi connectivity index (χ1n) is 7.22. The van der Waals surface area contributed by atoms with Crippen molar-refractivity contribution >= 4 is 8.07 Å². The molecule has 0 radical (unpaired) electrons. The van der Waals surface area contributed by atoms with E-state index in [0.29, 0.717) is 0 Å². The van der Waals surface area contributed by atoms with Crippen molar-refractivity contribution in [3.8, 4) is 0 Å². The van der Waals surface area contributed by atoms with Gasteiger partial charge in [-0.05, 0) is 17.5 Å². The summed E-state index contributed by atoms with van der Waals surface area (Å²) in [5, 5.41) is 0. The zero-order valence-electron chi connectivity index (χ0n) is 11.4. The second-order valence-electron chi connectivity index (χ2n) is 6.31. The van der Waals surface area contributed by atoms with Crippen molar-refractivity contribution in [2.24, 2.45) is 0 Å². The highest BCUT2D eigenvalue weighted by Crippen LogP contribution is 2.39. The van der Waals surface area contributed by atoms with Crippen LogP contribution in [0.1, 0.15) is 37.7 Å². The lowest BCUT2D eigenvalue weighted by Gasteiger charge is -2.35. The van der Waals surface area contributed by atoms with E-state index in [9.17, 15) is 0 Å². The maximum Gasteiger partial charge on any atom is 0.0508 e. The quantitative estimate of drug-likeness (QED) is 0.635. The molecule has 0 spiro atoms. The molecule has 0 bridgehead atoms. The van der Waals surface area contributed by atoms with E-state index in [0.717, 1.165) is 5.54 Å². The van der Waals surface area contributed by atoms with Crippen LogP contribution in [-0.2, 0) is 6.42 Å². The van der Waals surface area contributed by atoms with Crippen molar-refractivity contribution in [1.82, 2.24) is 0 Å². The highest BCUT2D eigenvalue weighted by Gasteiger charge is 2.31. The van der Waals surface area contributed by atoms with E-state index in [1.807, 2.05) is 0 Å². The molecule has 0 heterocycles. The van der Waals surface area contributed by atoms with Gasteiger partial charge in [0.2, 0.25) is 0 Å². The fraction of sp³-hybridized carbons (Fsp3) is 0.625. The maximum atomic E-state index is 2.62. The summed E-state index contributed by atoms with van der Waals surface area (Å²) < 4.78 is 0. The van der Waals surface area contributed by atoms with E-state index in [1.165, 1.54) is 50.1 Å². The molecule has 0 aliphatic heterocycles. The van der Waals surface area contributed by atoms with Gasteiger partial charge in [-0.3, -0.25) is 0 Å². The molecule has 0 unspecified atom stereocenters. The Hall–Kier alpha value is -0.563. The van der Waals surface area contributed by atoms with Crippen molar-refractivity contribution in [2.45, 2.75) is 63.2 Å². The van der Waals surface area contributed by atoms with Gasteiger partial charge in [-0.1, -0.05) is 81.6 Å². The zero-order chi connectivity index (χ0) is 12.1. The van der Waals surface area contributed by atoms with E-state index >= 15 is 0 Å². The number of aryl methyl sites for hydroxylation is 1. The number of benzene rings is 1. The normalized spacial score (nSPS) is 18.2. The first-order chi connectivity index (χ1) is 8.18. The van der Waals surface area contributed by atoms with Crippen LogP contribution in [0.5, 0.6) is 0 Å². The molecule has 1 saturated carbocycles. The first kappa shape index (κ1) is 12.9. The summed E-state index contributed by atoms with van der Waals surface area (Å²) in [7, 11) is -0.985. The Morgan fingerprint density at radius 1 is 1.00 bits per heavy atom. The highest BCUT2D eigenvalue weighted by atomic mass is 28.3. The molecule has 1 heteroatoms. The van der Waals surface area contributed by atoms with E-state index < -0.39 is 8.07 Å². The van der Waals surface area contributed by atoms with Crippen LogP contribution >= 0.6 is 0 Å². The molecule has 1 aliphatic rings. The van der Waals surface area contributed by atoms with Gasteiger partial charge in [0.15, 0.2) is 0 Å². The number of rotatable bonds is 4. The Kier molecular flexibility index (Phi) is 4.44. The lowest BCUT2D eigenvalue weighted by molar-refractivity contribution is 0.490. The van der Waals surface area contributed by atoms with Gasteiger partial charge < -0.3 is 0 Å². The molecule has 1 aliphatic carbocycles. The predicted molar refractivity (Wildman–Crippen MR) is 79.3 cm³/mol. The van der Waals surface area contributed by atoms with E-state index in [-0.39, 0.29) is 0 Å². The molecule has 0 amide bonds. The van der Waals surface area contributed by atoms with Gasteiger partial charge in [0.05, 0.1) is 8.07 Å². The maximum absolute atomic E-state index is 2.62. The molecule has 0 nitrogen and oxygen atoms in total. The minimum Gasteiger partial charge on any atom is -0.0691 e. The van der Waals surface area contributed by atoms with E-state index in [1.54, 1.807) is 0 Å². The van der Waals surface area contributed by atoms with Crippen molar-refractivity contribution < 1.29 is 0 Å². The summed E-state index contributed by atoms with van der Waals surface area (Å²) in [6.45, 7) is 5.23. The van der Waals surface area contributed by atoms with Gasteiger partial charge in [0.1, 0.15) is 0 Å². The van der Waals surface area contributed by atoms with Crippen LogP contribution in [0.2, 0.25) is 24.7 Å². The van der Waals surface area contributed by atoms with Gasteiger partial charge in [-0.15, -0.1) is 0 Å². The fourth-order valence-corrected chi connectivity index (χ4v) is 6.51. The second-order valence-corrected chi connectivity index (χ2v) is 11.6. The average molecular weight is 246 g/mol. The molecule has 17 heavy (non-hydrogen) atoms.